The Hall–Kier alpha value is -1.10. The molecule has 1 aliphatic heterocycles. The Balaban J connectivity index is 1.86. The van der Waals surface area contributed by atoms with Crippen LogP contribution in [0.25, 0.3) is 0 Å². The Bertz CT molecular complexity index is 356. The SMILES string of the molecule is CC(=O)N1CCC(NC(=O)C2(CN)CCCCC2)CC1. The van der Waals surface area contributed by atoms with Crippen LogP contribution in [-0.4, -0.2) is 42.4 Å². The highest BCUT2D eigenvalue weighted by molar-refractivity contribution is 5.83. The average Bonchev–Trinajstić information content (AvgIpc) is 2.48. The third kappa shape index (κ3) is 3.32. The minimum atomic E-state index is -0.337. The Labute approximate surface area is 121 Å². The minimum absolute atomic E-state index is 0.125. The molecule has 1 saturated carbocycles. The first-order chi connectivity index (χ1) is 9.57. The number of amides is 2. The smallest absolute Gasteiger partial charge is 0.227 e. The monoisotopic (exact) mass is 281 g/mol. The fraction of sp³-hybridized carbons (Fsp3) is 0.867. The zero-order valence-corrected chi connectivity index (χ0v) is 12.5. The predicted molar refractivity (Wildman–Crippen MR) is 78.0 cm³/mol. The second kappa shape index (κ2) is 6.57. The molecule has 114 valence electrons. The van der Waals surface area contributed by atoms with Crippen LogP contribution >= 0.6 is 0 Å². The second-order valence-electron chi connectivity index (χ2n) is 6.30. The highest BCUT2D eigenvalue weighted by Crippen LogP contribution is 2.35. The van der Waals surface area contributed by atoms with Gasteiger partial charge < -0.3 is 16.0 Å². The standard InChI is InChI=1S/C15H27N3O2/c1-12(19)18-9-5-13(6-10-18)17-14(20)15(11-16)7-3-2-4-8-15/h13H,2-11,16H2,1H3,(H,17,20). The van der Waals surface area contributed by atoms with Gasteiger partial charge in [-0.05, 0) is 25.7 Å². The quantitative estimate of drug-likeness (QED) is 0.811. The van der Waals surface area contributed by atoms with Crippen molar-refractivity contribution in [1.82, 2.24) is 10.2 Å². The molecule has 0 atom stereocenters. The molecule has 0 aromatic carbocycles. The fourth-order valence-electron chi connectivity index (χ4n) is 3.43. The molecule has 0 unspecified atom stereocenters. The van der Waals surface area contributed by atoms with Gasteiger partial charge in [-0.15, -0.1) is 0 Å². The summed E-state index contributed by atoms with van der Waals surface area (Å²) in [4.78, 5) is 25.7. The van der Waals surface area contributed by atoms with Crippen molar-refractivity contribution in [3.8, 4) is 0 Å². The third-order valence-corrected chi connectivity index (χ3v) is 4.96. The van der Waals surface area contributed by atoms with Gasteiger partial charge in [-0.3, -0.25) is 9.59 Å². The molecule has 0 bridgehead atoms. The van der Waals surface area contributed by atoms with Crippen LogP contribution in [-0.2, 0) is 9.59 Å². The van der Waals surface area contributed by atoms with E-state index in [0.717, 1.165) is 51.6 Å². The molecule has 20 heavy (non-hydrogen) atoms. The summed E-state index contributed by atoms with van der Waals surface area (Å²) < 4.78 is 0. The van der Waals surface area contributed by atoms with Crippen molar-refractivity contribution >= 4 is 11.8 Å². The van der Waals surface area contributed by atoms with Crippen LogP contribution in [0.4, 0.5) is 0 Å². The summed E-state index contributed by atoms with van der Waals surface area (Å²) in [6.45, 7) is 3.54. The first kappa shape index (κ1) is 15.3. The summed E-state index contributed by atoms with van der Waals surface area (Å²) in [6, 6.07) is 0.198. The van der Waals surface area contributed by atoms with Crippen LogP contribution in [0.1, 0.15) is 51.9 Å². The Morgan fingerprint density at radius 1 is 1.20 bits per heavy atom. The lowest BCUT2D eigenvalue weighted by Gasteiger charge is -2.38. The van der Waals surface area contributed by atoms with E-state index in [0.29, 0.717) is 6.54 Å². The number of carbonyl (C=O) groups excluding carboxylic acids is 2. The number of hydrogen-bond acceptors (Lipinski definition) is 3. The average molecular weight is 281 g/mol. The minimum Gasteiger partial charge on any atom is -0.353 e. The Morgan fingerprint density at radius 2 is 1.80 bits per heavy atom. The lowest BCUT2D eigenvalue weighted by molar-refractivity contribution is -0.134. The maximum atomic E-state index is 12.6. The molecule has 1 aliphatic carbocycles. The molecule has 2 fully saturated rings. The van der Waals surface area contributed by atoms with Crippen molar-refractivity contribution in [1.29, 1.82) is 0 Å². The van der Waals surface area contributed by atoms with Crippen molar-refractivity contribution in [2.45, 2.75) is 57.9 Å². The van der Waals surface area contributed by atoms with Crippen molar-refractivity contribution in [2.24, 2.45) is 11.1 Å². The fourth-order valence-corrected chi connectivity index (χ4v) is 3.43. The van der Waals surface area contributed by atoms with Crippen LogP contribution in [0.5, 0.6) is 0 Å². The summed E-state index contributed by atoms with van der Waals surface area (Å²) >= 11 is 0. The van der Waals surface area contributed by atoms with E-state index in [1.165, 1.54) is 6.42 Å². The van der Waals surface area contributed by atoms with E-state index in [1.807, 2.05) is 4.90 Å². The number of carbonyl (C=O) groups is 2. The van der Waals surface area contributed by atoms with Gasteiger partial charge in [-0.2, -0.15) is 0 Å². The summed E-state index contributed by atoms with van der Waals surface area (Å²) in [6.07, 6.45) is 6.97. The van der Waals surface area contributed by atoms with Crippen molar-refractivity contribution in [2.75, 3.05) is 19.6 Å². The molecular formula is C15H27N3O2. The van der Waals surface area contributed by atoms with E-state index >= 15 is 0 Å². The molecule has 0 aromatic heterocycles. The molecule has 5 nitrogen and oxygen atoms in total. The van der Waals surface area contributed by atoms with E-state index in [2.05, 4.69) is 5.32 Å². The number of nitrogens with zero attached hydrogens (tertiary/aromatic N) is 1. The topological polar surface area (TPSA) is 75.4 Å². The van der Waals surface area contributed by atoms with Gasteiger partial charge in [0.1, 0.15) is 0 Å². The van der Waals surface area contributed by atoms with Gasteiger partial charge in [0.2, 0.25) is 11.8 Å². The maximum absolute atomic E-state index is 12.6. The molecule has 1 saturated heterocycles. The third-order valence-electron chi connectivity index (χ3n) is 4.96. The van der Waals surface area contributed by atoms with Crippen molar-refractivity contribution < 1.29 is 9.59 Å². The molecule has 0 spiro atoms. The highest BCUT2D eigenvalue weighted by Gasteiger charge is 2.39. The first-order valence-electron chi connectivity index (χ1n) is 7.84. The molecule has 2 amide bonds. The van der Waals surface area contributed by atoms with Crippen LogP contribution in [0.15, 0.2) is 0 Å². The molecule has 0 aromatic rings. The highest BCUT2D eigenvalue weighted by atomic mass is 16.2. The summed E-state index contributed by atoms with van der Waals surface area (Å²) in [5, 5.41) is 3.18. The predicted octanol–water partition coefficient (Wildman–Crippen LogP) is 1.02. The number of nitrogens with one attached hydrogen (secondary N) is 1. The van der Waals surface area contributed by atoms with Crippen LogP contribution in [0.3, 0.4) is 0 Å². The van der Waals surface area contributed by atoms with E-state index < -0.39 is 0 Å². The van der Waals surface area contributed by atoms with Gasteiger partial charge in [-0.25, -0.2) is 0 Å². The largest absolute Gasteiger partial charge is 0.353 e. The van der Waals surface area contributed by atoms with Gasteiger partial charge in [0.15, 0.2) is 0 Å². The Morgan fingerprint density at radius 3 is 2.30 bits per heavy atom. The molecule has 2 aliphatic rings. The zero-order chi connectivity index (χ0) is 14.6. The molecular weight excluding hydrogens is 254 g/mol. The molecule has 5 heteroatoms. The summed E-state index contributed by atoms with van der Waals surface area (Å²) in [5.74, 6) is 0.265. The van der Waals surface area contributed by atoms with Gasteiger partial charge in [0.25, 0.3) is 0 Å². The van der Waals surface area contributed by atoms with Crippen LogP contribution < -0.4 is 11.1 Å². The number of hydrogen-bond donors (Lipinski definition) is 2. The van der Waals surface area contributed by atoms with Gasteiger partial charge in [0.05, 0.1) is 5.41 Å². The van der Waals surface area contributed by atoms with E-state index in [1.54, 1.807) is 6.92 Å². The van der Waals surface area contributed by atoms with Gasteiger partial charge >= 0.3 is 0 Å². The van der Waals surface area contributed by atoms with E-state index in [-0.39, 0.29) is 23.3 Å². The molecule has 0 radical (unpaired) electrons. The summed E-state index contributed by atoms with van der Waals surface area (Å²) in [7, 11) is 0. The number of nitrogens with two attached hydrogens (primary N) is 1. The Kier molecular flexibility index (Phi) is 5.02. The zero-order valence-electron chi connectivity index (χ0n) is 12.5. The summed E-state index contributed by atoms with van der Waals surface area (Å²) in [5.41, 5.74) is 5.55. The number of likely N-dealkylation sites (tertiary alicyclic amines) is 1. The normalized spacial score (nSPS) is 23.4. The lowest BCUT2D eigenvalue weighted by atomic mass is 9.73. The van der Waals surface area contributed by atoms with Gasteiger partial charge in [0, 0.05) is 32.6 Å². The van der Waals surface area contributed by atoms with Crippen LogP contribution in [0.2, 0.25) is 0 Å². The maximum Gasteiger partial charge on any atom is 0.227 e. The second-order valence-corrected chi connectivity index (χ2v) is 6.30. The van der Waals surface area contributed by atoms with Gasteiger partial charge in [-0.1, -0.05) is 19.3 Å². The molecule has 2 rings (SSSR count). The molecule has 1 heterocycles. The first-order valence-corrected chi connectivity index (χ1v) is 7.84. The van der Waals surface area contributed by atoms with Crippen LogP contribution in [0, 0.1) is 5.41 Å². The van der Waals surface area contributed by atoms with E-state index in [9.17, 15) is 9.59 Å². The van der Waals surface area contributed by atoms with E-state index in [4.69, 9.17) is 5.73 Å². The lowest BCUT2D eigenvalue weighted by Crippen LogP contribution is -2.53. The number of rotatable bonds is 3. The number of piperidine rings is 1. The van der Waals surface area contributed by atoms with Crippen molar-refractivity contribution in [3.05, 3.63) is 0 Å². The molecule has 3 N–H and O–H groups in total. The van der Waals surface area contributed by atoms with Crippen molar-refractivity contribution in [3.63, 3.8) is 0 Å².